The van der Waals surface area contributed by atoms with E-state index in [9.17, 15) is 10.2 Å². The first kappa shape index (κ1) is 13.0. The van der Waals surface area contributed by atoms with Gasteiger partial charge in [0.1, 0.15) is 7.05 Å². The Hall–Kier alpha value is -3.02. The molecular formula is C15H14N4O2+2. The number of hydrogen-bond donors (Lipinski definition) is 2. The lowest BCUT2D eigenvalue weighted by atomic mass is 10.1. The number of aromatic hydroxyl groups is 2. The predicted octanol–water partition coefficient (Wildman–Crippen LogP) is 0.860. The standard InChI is InChI=1S/C15H12N4O2/c1-19-7-4-11(14(21)9-19)15-17-6-3-12(18-15)10-2-5-16-8-13(10)20/h2-9H,1H3,(H-,17,18,20,21)/p+2. The Kier molecular flexibility index (Phi) is 3.19. The minimum Gasteiger partial charge on any atom is -0.502 e. The molecule has 0 amide bonds. The van der Waals surface area contributed by atoms with E-state index in [1.165, 1.54) is 6.20 Å². The number of H-pyrrole nitrogens is 1. The van der Waals surface area contributed by atoms with Crippen molar-refractivity contribution in [2.24, 2.45) is 7.05 Å². The van der Waals surface area contributed by atoms with E-state index >= 15 is 0 Å². The van der Waals surface area contributed by atoms with Gasteiger partial charge < -0.3 is 10.2 Å². The van der Waals surface area contributed by atoms with Crippen molar-refractivity contribution in [3.05, 3.63) is 49.2 Å². The van der Waals surface area contributed by atoms with Gasteiger partial charge in [-0.1, -0.05) is 0 Å². The fourth-order valence-electron chi connectivity index (χ4n) is 2.05. The lowest BCUT2D eigenvalue weighted by Crippen LogP contribution is -2.25. The highest BCUT2D eigenvalue weighted by Crippen LogP contribution is 2.29. The van der Waals surface area contributed by atoms with E-state index in [1.807, 2.05) is 7.05 Å². The third-order valence-electron chi connectivity index (χ3n) is 3.09. The second-order valence-corrected chi connectivity index (χ2v) is 4.62. The van der Waals surface area contributed by atoms with Gasteiger partial charge in [0.2, 0.25) is 12.4 Å². The first-order chi connectivity index (χ1) is 10.1. The molecule has 6 nitrogen and oxygen atoms in total. The minimum absolute atomic E-state index is 0.0998. The zero-order valence-corrected chi connectivity index (χ0v) is 11.4. The Morgan fingerprint density at radius 1 is 1.10 bits per heavy atom. The maximum absolute atomic E-state index is 10.0. The molecule has 3 rings (SSSR count). The molecule has 3 N–H and O–H groups in total. The molecule has 0 saturated carbocycles. The van der Waals surface area contributed by atoms with Gasteiger partial charge in [-0.05, 0) is 6.07 Å². The Morgan fingerprint density at radius 2 is 1.95 bits per heavy atom. The zero-order chi connectivity index (χ0) is 14.8. The average Bonchev–Trinajstić information content (AvgIpc) is 2.48. The molecule has 0 aliphatic rings. The second kappa shape index (κ2) is 5.16. The highest BCUT2D eigenvalue weighted by Gasteiger charge is 2.14. The van der Waals surface area contributed by atoms with Crippen LogP contribution in [0.4, 0.5) is 0 Å². The molecule has 21 heavy (non-hydrogen) atoms. The molecule has 0 aromatic carbocycles. The van der Waals surface area contributed by atoms with Crippen molar-refractivity contribution in [3.8, 4) is 34.1 Å². The van der Waals surface area contributed by atoms with Crippen molar-refractivity contribution in [2.75, 3.05) is 0 Å². The highest BCUT2D eigenvalue weighted by atomic mass is 16.3. The van der Waals surface area contributed by atoms with Crippen LogP contribution in [0.1, 0.15) is 0 Å². The van der Waals surface area contributed by atoms with Gasteiger partial charge in [-0.2, -0.15) is 0 Å². The number of aryl methyl sites for hydroxylation is 1. The number of nitrogens with one attached hydrogen (secondary N) is 1. The number of aromatic nitrogens is 4. The van der Waals surface area contributed by atoms with E-state index < -0.39 is 0 Å². The molecule has 3 heterocycles. The van der Waals surface area contributed by atoms with Crippen molar-refractivity contribution < 1.29 is 19.8 Å². The van der Waals surface area contributed by atoms with Crippen molar-refractivity contribution in [2.45, 2.75) is 0 Å². The Morgan fingerprint density at radius 3 is 2.71 bits per heavy atom. The van der Waals surface area contributed by atoms with Crippen LogP contribution in [0.2, 0.25) is 0 Å². The summed E-state index contributed by atoms with van der Waals surface area (Å²) in [7, 11) is 1.82. The largest absolute Gasteiger partial charge is 0.502 e. The van der Waals surface area contributed by atoms with Crippen LogP contribution in [0, 0.1) is 0 Å². The van der Waals surface area contributed by atoms with Crippen LogP contribution in [-0.2, 0) is 7.05 Å². The number of pyridine rings is 2. The average molecular weight is 282 g/mol. The van der Waals surface area contributed by atoms with Gasteiger partial charge >= 0.3 is 0 Å². The summed E-state index contributed by atoms with van der Waals surface area (Å²) in [6, 6.07) is 5.18. The topological polar surface area (TPSA) is 84.3 Å². The summed E-state index contributed by atoms with van der Waals surface area (Å²) in [5.41, 5.74) is 1.72. The van der Waals surface area contributed by atoms with E-state index in [4.69, 9.17) is 0 Å². The predicted molar refractivity (Wildman–Crippen MR) is 74.0 cm³/mol. The summed E-state index contributed by atoms with van der Waals surface area (Å²) in [6.07, 6.45) is 8.18. The lowest BCUT2D eigenvalue weighted by molar-refractivity contribution is -0.671. The van der Waals surface area contributed by atoms with Gasteiger partial charge in [-0.15, -0.1) is 0 Å². The molecule has 0 saturated heterocycles. The normalized spacial score (nSPS) is 10.5. The van der Waals surface area contributed by atoms with E-state index in [0.29, 0.717) is 22.6 Å². The second-order valence-electron chi connectivity index (χ2n) is 4.62. The maximum Gasteiger partial charge on any atom is 0.211 e. The molecule has 104 valence electrons. The first-order valence-corrected chi connectivity index (χ1v) is 6.36. The maximum atomic E-state index is 10.0. The van der Waals surface area contributed by atoms with Crippen LogP contribution in [0.15, 0.2) is 49.2 Å². The molecule has 3 aromatic rings. The molecule has 0 aliphatic heterocycles. The van der Waals surface area contributed by atoms with Crippen molar-refractivity contribution in [1.29, 1.82) is 0 Å². The molecule has 0 atom stereocenters. The fraction of sp³-hybridized carbons (Fsp3) is 0.0667. The third kappa shape index (κ3) is 2.51. The molecule has 0 radical (unpaired) electrons. The molecule has 0 fully saturated rings. The van der Waals surface area contributed by atoms with Crippen LogP contribution < -0.4 is 9.55 Å². The minimum atomic E-state index is 0.0998. The fourth-order valence-corrected chi connectivity index (χ4v) is 2.05. The number of nitrogens with zero attached hydrogens (tertiary/aromatic N) is 3. The van der Waals surface area contributed by atoms with Gasteiger partial charge in [-0.25, -0.2) is 19.5 Å². The van der Waals surface area contributed by atoms with Crippen LogP contribution in [-0.4, -0.2) is 20.2 Å². The molecular weight excluding hydrogens is 268 g/mol. The smallest absolute Gasteiger partial charge is 0.211 e. The van der Waals surface area contributed by atoms with Crippen molar-refractivity contribution >= 4 is 0 Å². The monoisotopic (exact) mass is 282 g/mol. The van der Waals surface area contributed by atoms with Crippen LogP contribution in [0.3, 0.4) is 0 Å². The SMILES string of the molecule is C[n+]1ccc(-c2nccc(-c3cc[nH+]cc3O)n2)c(O)c1. The van der Waals surface area contributed by atoms with E-state index in [2.05, 4.69) is 15.0 Å². The molecule has 6 heteroatoms. The summed E-state index contributed by atoms with van der Waals surface area (Å²) < 4.78 is 1.74. The Labute approximate surface area is 121 Å². The highest BCUT2D eigenvalue weighted by molar-refractivity contribution is 5.69. The van der Waals surface area contributed by atoms with Crippen LogP contribution >= 0.6 is 0 Å². The van der Waals surface area contributed by atoms with Gasteiger partial charge in [0.15, 0.2) is 29.7 Å². The summed E-state index contributed by atoms with van der Waals surface area (Å²) in [5.74, 6) is 0.603. The van der Waals surface area contributed by atoms with Crippen LogP contribution in [0.25, 0.3) is 22.6 Å². The first-order valence-electron chi connectivity index (χ1n) is 6.36. The van der Waals surface area contributed by atoms with Gasteiger partial charge in [0.25, 0.3) is 0 Å². The third-order valence-corrected chi connectivity index (χ3v) is 3.09. The summed E-state index contributed by atoms with van der Waals surface area (Å²) in [6.45, 7) is 0. The number of hydrogen-bond acceptors (Lipinski definition) is 4. The summed E-state index contributed by atoms with van der Waals surface area (Å²) >= 11 is 0. The molecule has 3 aromatic heterocycles. The zero-order valence-electron chi connectivity index (χ0n) is 11.4. The van der Waals surface area contributed by atoms with Gasteiger partial charge in [-0.3, -0.25) is 0 Å². The molecule has 0 aliphatic carbocycles. The van der Waals surface area contributed by atoms with E-state index in [-0.39, 0.29) is 11.5 Å². The van der Waals surface area contributed by atoms with Crippen molar-refractivity contribution in [3.63, 3.8) is 0 Å². The van der Waals surface area contributed by atoms with Gasteiger partial charge in [0.05, 0.1) is 16.8 Å². The van der Waals surface area contributed by atoms with Gasteiger partial charge in [0, 0.05) is 18.3 Å². The number of rotatable bonds is 2. The van der Waals surface area contributed by atoms with E-state index in [1.54, 1.807) is 47.6 Å². The lowest BCUT2D eigenvalue weighted by Gasteiger charge is -2.05. The Balaban J connectivity index is 2.11. The van der Waals surface area contributed by atoms with Crippen LogP contribution in [0.5, 0.6) is 11.5 Å². The van der Waals surface area contributed by atoms with Crippen molar-refractivity contribution in [1.82, 2.24) is 9.97 Å². The number of aromatic amines is 1. The molecule has 0 unspecified atom stereocenters. The molecule has 0 spiro atoms. The molecule has 0 bridgehead atoms. The Bertz CT molecular complexity index is 805. The summed E-state index contributed by atoms with van der Waals surface area (Å²) in [5, 5.41) is 19.9. The van der Waals surface area contributed by atoms with E-state index in [0.717, 1.165) is 0 Å². The summed E-state index contributed by atoms with van der Waals surface area (Å²) in [4.78, 5) is 11.4. The quantitative estimate of drug-likeness (QED) is 0.683.